The number of hydrazine groups is 1. The molecule has 0 unspecified atom stereocenters. The molecule has 0 saturated heterocycles. The first kappa shape index (κ1) is 9.34. The zero-order valence-electron chi connectivity index (χ0n) is 6.69. The van der Waals surface area contributed by atoms with E-state index in [4.69, 9.17) is 16.8 Å². The molecular formula is C7H11N3OS. The van der Waals surface area contributed by atoms with Gasteiger partial charge in [-0.2, -0.15) is 0 Å². The molecule has 12 heavy (non-hydrogen) atoms. The van der Waals surface area contributed by atoms with Crippen LogP contribution in [-0.2, 0) is 0 Å². The lowest BCUT2D eigenvalue weighted by Crippen LogP contribution is -2.17. The highest BCUT2D eigenvalue weighted by Gasteiger charge is 2.02. The summed E-state index contributed by atoms with van der Waals surface area (Å²) in [5.41, 5.74) is 7.31. The van der Waals surface area contributed by atoms with Gasteiger partial charge in [0.2, 0.25) is 0 Å². The van der Waals surface area contributed by atoms with Crippen molar-refractivity contribution in [2.45, 2.75) is 11.8 Å². The minimum absolute atomic E-state index is 0.533. The summed E-state index contributed by atoms with van der Waals surface area (Å²) >= 11 is 0.981. The van der Waals surface area contributed by atoms with Crippen molar-refractivity contribution < 1.29 is 5.21 Å². The Morgan fingerprint density at radius 2 is 2.17 bits per heavy atom. The number of nitrogens with zero attached hydrogens (tertiary/aromatic N) is 1. The third kappa shape index (κ3) is 2.38. The maximum absolute atomic E-state index is 8.74. The minimum atomic E-state index is 0.533. The van der Waals surface area contributed by atoms with Crippen LogP contribution in [0.5, 0.6) is 0 Å². The van der Waals surface area contributed by atoms with E-state index >= 15 is 0 Å². The quantitative estimate of drug-likeness (QED) is 0.279. The molecule has 0 saturated carbocycles. The van der Waals surface area contributed by atoms with Gasteiger partial charge in [0.25, 0.3) is 0 Å². The Labute approximate surface area is 75.2 Å². The van der Waals surface area contributed by atoms with Crippen molar-refractivity contribution in [1.29, 1.82) is 0 Å². The topological polar surface area (TPSA) is 75.5 Å². The molecule has 0 atom stereocenters. The van der Waals surface area contributed by atoms with Crippen LogP contribution in [0.3, 0.4) is 0 Å². The SMILES string of the molecule is Cc1ccc(N)c(SN(N)O)c1. The molecule has 0 spiro atoms. The minimum Gasteiger partial charge on any atom is -0.398 e. The van der Waals surface area contributed by atoms with Crippen LogP contribution in [0, 0.1) is 6.92 Å². The lowest BCUT2D eigenvalue weighted by molar-refractivity contribution is 0.0164. The highest BCUT2D eigenvalue weighted by Crippen LogP contribution is 2.25. The smallest absolute Gasteiger partial charge is 0.0499 e. The highest BCUT2D eigenvalue weighted by molar-refractivity contribution is 7.97. The van der Waals surface area contributed by atoms with E-state index in [-0.39, 0.29) is 0 Å². The van der Waals surface area contributed by atoms with E-state index < -0.39 is 0 Å². The molecule has 1 aromatic rings. The molecule has 0 heterocycles. The summed E-state index contributed by atoms with van der Waals surface area (Å²) in [4.78, 5) is 0.750. The van der Waals surface area contributed by atoms with Gasteiger partial charge < -0.3 is 5.73 Å². The normalized spacial score (nSPS) is 10.7. The second kappa shape index (κ2) is 3.77. The van der Waals surface area contributed by atoms with Gasteiger partial charge in [0.05, 0.1) is 0 Å². The first-order valence-corrected chi connectivity index (χ1v) is 4.15. The second-order valence-electron chi connectivity index (χ2n) is 2.44. The van der Waals surface area contributed by atoms with Crippen molar-refractivity contribution in [3.8, 4) is 0 Å². The van der Waals surface area contributed by atoms with Crippen molar-refractivity contribution in [1.82, 2.24) is 4.58 Å². The van der Waals surface area contributed by atoms with Gasteiger partial charge in [0.15, 0.2) is 0 Å². The third-order valence-electron chi connectivity index (χ3n) is 1.36. The third-order valence-corrected chi connectivity index (χ3v) is 2.10. The molecule has 0 radical (unpaired) electrons. The standard InChI is InChI=1S/C7H11N3OS/c1-5-2-3-6(8)7(4-5)12-10(9)11/h2-4,11H,8-9H2,1H3. The molecule has 0 fully saturated rings. The largest absolute Gasteiger partial charge is 0.398 e. The van der Waals surface area contributed by atoms with Crippen molar-refractivity contribution >= 4 is 17.6 Å². The van der Waals surface area contributed by atoms with Crippen LogP contribution in [0.4, 0.5) is 5.69 Å². The molecule has 66 valence electrons. The van der Waals surface area contributed by atoms with Gasteiger partial charge in [-0.25, -0.2) is 5.84 Å². The molecule has 0 aliphatic carbocycles. The summed E-state index contributed by atoms with van der Waals surface area (Å²) in [6, 6.07) is 5.54. The fraction of sp³-hybridized carbons (Fsp3) is 0.143. The maximum Gasteiger partial charge on any atom is 0.0499 e. The number of benzene rings is 1. The van der Waals surface area contributed by atoms with E-state index in [1.165, 1.54) is 0 Å². The van der Waals surface area contributed by atoms with Gasteiger partial charge in [-0.3, -0.25) is 5.21 Å². The Balaban J connectivity index is 2.90. The number of hydrogen-bond acceptors (Lipinski definition) is 5. The van der Waals surface area contributed by atoms with Gasteiger partial charge in [-0.05, 0) is 24.6 Å². The summed E-state index contributed by atoms with van der Waals surface area (Å²) in [6.07, 6.45) is 0. The molecule has 5 heteroatoms. The number of aryl methyl sites for hydroxylation is 1. The molecule has 1 aromatic carbocycles. The molecule has 0 amide bonds. The second-order valence-corrected chi connectivity index (χ2v) is 3.43. The highest BCUT2D eigenvalue weighted by atomic mass is 32.2. The Morgan fingerprint density at radius 3 is 2.75 bits per heavy atom. The van der Waals surface area contributed by atoms with Crippen LogP contribution in [-0.4, -0.2) is 9.78 Å². The summed E-state index contributed by atoms with van der Waals surface area (Å²) in [7, 11) is 0. The molecule has 5 N–H and O–H groups in total. The molecule has 0 aliphatic rings. The Bertz CT molecular complexity index is 277. The van der Waals surface area contributed by atoms with Crippen LogP contribution < -0.4 is 11.6 Å². The lowest BCUT2D eigenvalue weighted by atomic mass is 10.2. The van der Waals surface area contributed by atoms with Gasteiger partial charge in [0, 0.05) is 22.5 Å². The van der Waals surface area contributed by atoms with E-state index in [1.807, 2.05) is 19.1 Å². The van der Waals surface area contributed by atoms with Crippen LogP contribution in [0.15, 0.2) is 23.1 Å². The number of nitrogen functional groups attached to an aromatic ring is 1. The fourth-order valence-electron chi connectivity index (χ4n) is 0.821. The van der Waals surface area contributed by atoms with Crippen molar-refractivity contribution in [2.24, 2.45) is 5.84 Å². The molecule has 0 aromatic heterocycles. The Kier molecular flexibility index (Phi) is 2.93. The van der Waals surface area contributed by atoms with Gasteiger partial charge in [-0.15, -0.1) is 0 Å². The first-order valence-electron chi connectivity index (χ1n) is 3.37. The van der Waals surface area contributed by atoms with E-state index in [2.05, 4.69) is 0 Å². The predicted molar refractivity (Wildman–Crippen MR) is 49.3 cm³/mol. The zero-order valence-corrected chi connectivity index (χ0v) is 7.51. The molecule has 1 rings (SSSR count). The predicted octanol–water partition coefficient (Wildman–Crippen LogP) is 1.15. The summed E-state index contributed by atoms with van der Waals surface area (Å²) in [5.74, 6) is 5.04. The van der Waals surface area contributed by atoms with E-state index in [1.54, 1.807) is 6.07 Å². The Hall–Kier alpha value is -0.750. The van der Waals surface area contributed by atoms with Gasteiger partial charge >= 0.3 is 0 Å². The number of rotatable bonds is 2. The summed E-state index contributed by atoms with van der Waals surface area (Å²) in [5, 5.41) is 8.74. The van der Waals surface area contributed by atoms with Crippen LogP contribution in [0.2, 0.25) is 0 Å². The van der Waals surface area contributed by atoms with E-state index in [0.717, 1.165) is 22.4 Å². The fourth-order valence-corrected chi connectivity index (χ4v) is 1.43. The van der Waals surface area contributed by atoms with Crippen molar-refractivity contribution in [3.05, 3.63) is 23.8 Å². The van der Waals surface area contributed by atoms with Crippen molar-refractivity contribution in [3.63, 3.8) is 0 Å². The summed E-state index contributed by atoms with van der Waals surface area (Å²) in [6.45, 7) is 1.95. The van der Waals surface area contributed by atoms with Crippen molar-refractivity contribution in [2.75, 3.05) is 5.73 Å². The molecule has 0 aliphatic heterocycles. The number of hydrogen-bond donors (Lipinski definition) is 3. The lowest BCUT2D eigenvalue weighted by Gasteiger charge is -2.08. The molecular weight excluding hydrogens is 174 g/mol. The summed E-state index contributed by atoms with van der Waals surface area (Å²) < 4.78 is 0.533. The monoisotopic (exact) mass is 185 g/mol. The Morgan fingerprint density at radius 1 is 1.50 bits per heavy atom. The van der Waals surface area contributed by atoms with Gasteiger partial charge in [0.1, 0.15) is 0 Å². The number of nitrogens with two attached hydrogens (primary N) is 2. The first-order chi connectivity index (χ1) is 5.59. The van der Waals surface area contributed by atoms with Crippen LogP contribution >= 0.6 is 11.9 Å². The zero-order chi connectivity index (χ0) is 9.14. The van der Waals surface area contributed by atoms with E-state index in [0.29, 0.717) is 10.3 Å². The van der Waals surface area contributed by atoms with Gasteiger partial charge in [-0.1, -0.05) is 10.6 Å². The molecule has 0 bridgehead atoms. The van der Waals surface area contributed by atoms with Crippen LogP contribution in [0.25, 0.3) is 0 Å². The average Bonchev–Trinajstić information content (AvgIpc) is 1.96. The average molecular weight is 185 g/mol. The molecule has 4 nitrogen and oxygen atoms in total. The number of anilines is 1. The van der Waals surface area contributed by atoms with E-state index in [9.17, 15) is 0 Å². The maximum atomic E-state index is 8.74. The van der Waals surface area contributed by atoms with Crippen LogP contribution in [0.1, 0.15) is 5.56 Å².